The highest BCUT2D eigenvalue weighted by Gasteiger charge is 2.12. The van der Waals surface area contributed by atoms with Gasteiger partial charge in [-0.15, -0.1) is 11.6 Å². The molecule has 0 fully saturated rings. The van der Waals surface area contributed by atoms with E-state index >= 15 is 0 Å². The first-order valence-electron chi connectivity index (χ1n) is 5.38. The van der Waals surface area contributed by atoms with E-state index in [9.17, 15) is 5.11 Å². The zero-order valence-electron chi connectivity index (χ0n) is 9.50. The van der Waals surface area contributed by atoms with Crippen LogP contribution in [0.2, 0.25) is 5.02 Å². The molecular weight excluding hydrogens is 243 g/mol. The normalized spacial score (nSPS) is 14.5. The Morgan fingerprint density at radius 2 is 2.12 bits per heavy atom. The molecule has 1 unspecified atom stereocenters. The summed E-state index contributed by atoms with van der Waals surface area (Å²) in [6.45, 7) is 3.83. The van der Waals surface area contributed by atoms with Gasteiger partial charge in [0.05, 0.1) is 5.38 Å². The fraction of sp³-hybridized carbons (Fsp3) is 0.385. The molecule has 1 atom stereocenters. The summed E-state index contributed by atoms with van der Waals surface area (Å²) in [6, 6.07) is 7.48. The molecule has 0 aromatic heterocycles. The summed E-state index contributed by atoms with van der Waals surface area (Å²) in [5, 5.41) is 10.3. The van der Waals surface area contributed by atoms with Crippen LogP contribution in [0.5, 0.6) is 0 Å². The Kier molecular flexibility index (Phi) is 5.17. The molecule has 0 spiro atoms. The zero-order chi connectivity index (χ0) is 12.1. The lowest BCUT2D eigenvalue weighted by Gasteiger charge is -2.12. The highest BCUT2D eigenvalue weighted by molar-refractivity contribution is 6.30. The first kappa shape index (κ1) is 13.4. The van der Waals surface area contributed by atoms with E-state index in [1.807, 2.05) is 24.3 Å². The Morgan fingerprint density at radius 1 is 1.44 bits per heavy atom. The Bertz CT molecular complexity index is 383. The molecule has 1 aromatic carbocycles. The second-order valence-electron chi connectivity index (χ2n) is 3.74. The highest BCUT2D eigenvalue weighted by atomic mass is 35.5. The largest absolute Gasteiger partial charge is 0.510 e. The number of benzene rings is 1. The van der Waals surface area contributed by atoms with Crippen molar-refractivity contribution in [1.29, 1.82) is 0 Å². The van der Waals surface area contributed by atoms with Gasteiger partial charge in [0, 0.05) is 5.02 Å². The van der Waals surface area contributed by atoms with Gasteiger partial charge in [-0.25, -0.2) is 0 Å². The second kappa shape index (κ2) is 6.17. The van der Waals surface area contributed by atoms with Crippen LogP contribution in [0.25, 0.3) is 5.57 Å². The molecule has 0 radical (unpaired) electrons. The number of aliphatic hydroxyl groups excluding tert-OH is 1. The SMILES string of the molecule is CCCC(=C(O)C(C)Cl)c1cccc(Cl)c1. The average molecular weight is 259 g/mol. The van der Waals surface area contributed by atoms with Gasteiger partial charge in [-0.3, -0.25) is 0 Å². The number of hydrogen-bond donors (Lipinski definition) is 1. The van der Waals surface area contributed by atoms with Crippen LogP contribution in [0.1, 0.15) is 32.3 Å². The predicted molar refractivity (Wildman–Crippen MR) is 71.2 cm³/mol. The van der Waals surface area contributed by atoms with Gasteiger partial charge in [-0.05, 0) is 36.6 Å². The second-order valence-corrected chi connectivity index (χ2v) is 4.83. The minimum Gasteiger partial charge on any atom is -0.510 e. The zero-order valence-corrected chi connectivity index (χ0v) is 11.0. The molecule has 0 aliphatic heterocycles. The molecule has 0 aliphatic rings. The Hall–Kier alpha value is -0.660. The van der Waals surface area contributed by atoms with Crippen LogP contribution >= 0.6 is 23.2 Å². The van der Waals surface area contributed by atoms with Crippen LogP contribution < -0.4 is 0 Å². The number of rotatable bonds is 4. The molecule has 0 heterocycles. The summed E-state index contributed by atoms with van der Waals surface area (Å²) in [4.78, 5) is 0. The Morgan fingerprint density at radius 3 is 2.62 bits per heavy atom. The van der Waals surface area contributed by atoms with Crippen molar-refractivity contribution in [1.82, 2.24) is 0 Å². The molecule has 1 nitrogen and oxygen atoms in total. The molecule has 1 rings (SSSR count). The molecule has 88 valence electrons. The summed E-state index contributed by atoms with van der Waals surface area (Å²) in [7, 11) is 0. The lowest BCUT2D eigenvalue weighted by atomic mass is 9.99. The van der Waals surface area contributed by atoms with Crippen LogP contribution in [-0.4, -0.2) is 10.5 Å². The van der Waals surface area contributed by atoms with Crippen molar-refractivity contribution >= 4 is 28.8 Å². The smallest absolute Gasteiger partial charge is 0.114 e. The van der Waals surface area contributed by atoms with Crippen molar-refractivity contribution in [3.8, 4) is 0 Å². The number of halogens is 2. The van der Waals surface area contributed by atoms with Gasteiger partial charge in [0.1, 0.15) is 5.76 Å². The minimum absolute atomic E-state index is 0.241. The fourth-order valence-corrected chi connectivity index (χ4v) is 1.91. The predicted octanol–water partition coefficient (Wildman–Crippen LogP) is 5.04. The van der Waals surface area contributed by atoms with Crippen molar-refractivity contribution in [2.45, 2.75) is 32.1 Å². The highest BCUT2D eigenvalue weighted by Crippen LogP contribution is 2.27. The lowest BCUT2D eigenvalue weighted by Crippen LogP contribution is -2.01. The number of hydrogen-bond acceptors (Lipinski definition) is 1. The standard InChI is InChI=1S/C13H16Cl2O/c1-3-5-12(13(16)9(2)14)10-6-4-7-11(15)8-10/h4,6-9,16H,3,5H2,1-2H3. The maximum Gasteiger partial charge on any atom is 0.114 e. The topological polar surface area (TPSA) is 20.2 Å². The van der Waals surface area contributed by atoms with Crippen molar-refractivity contribution in [2.24, 2.45) is 0 Å². The Labute approximate surface area is 107 Å². The number of alkyl halides is 1. The van der Waals surface area contributed by atoms with Gasteiger partial charge >= 0.3 is 0 Å². The summed E-state index contributed by atoms with van der Waals surface area (Å²) >= 11 is 11.8. The maximum absolute atomic E-state index is 9.97. The maximum atomic E-state index is 9.97. The van der Waals surface area contributed by atoms with Crippen molar-refractivity contribution in [3.05, 3.63) is 40.6 Å². The molecular formula is C13H16Cl2O. The summed E-state index contributed by atoms with van der Waals surface area (Å²) in [6.07, 6.45) is 1.75. The molecule has 1 N–H and O–H groups in total. The van der Waals surface area contributed by atoms with E-state index in [1.54, 1.807) is 6.92 Å². The third-order valence-electron chi connectivity index (χ3n) is 2.36. The van der Waals surface area contributed by atoms with Crippen LogP contribution in [0.4, 0.5) is 0 Å². The van der Waals surface area contributed by atoms with Crippen LogP contribution in [0.3, 0.4) is 0 Å². The van der Waals surface area contributed by atoms with Gasteiger partial charge in [0.2, 0.25) is 0 Å². The van der Waals surface area contributed by atoms with E-state index in [0.29, 0.717) is 5.02 Å². The van der Waals surface area contributed by atoms with Crippen molar-refractivity contribution in [2.75, 3.05) is 0 Å². The fourth-order valence-electron chi connectivity index (χ4n) is 1.59. The van der Waals surface area contributed by atoms with E-state index in [2.05, 4.69) is 6.92 Å². The minimum atomic E-state index is -0.375. The first-order valence-corrected chi connectivity index (χ1v) is 6.19. The van der Waals surface area contributed by atoms with Gasteiger partial charge in [-0.2, -0.15) is 0 Å². The van der Waals surface area contributed by atoms with E-state index in [4.69, 9.17) is 23.2 Å². The number of aliphatic hydroxyl groups is 1. The van der Waals surface area contributed by atoms with E-state index in [0.717, 1.165) is 24.0 Å². The van der Waals surface area contributed by atoms with Crippen molar-refractivity contribution < 1.29 is 5.11 Å². The quantitative estimate of drug-likeness (QED) is 0.593. The molecule has 0 saturated heterocycles. The summed E-state index contributed by atoms with van der Waals surface area (Å²) < 4.78 is 0. The van der Waals surface area contributed by atoms with E-state index < -0.39 is 0 Å². The molecule has 0 amide bonds. The average Bonchev–Trinajstić information content (AvgIpc) is 2.24. The molecule has 3 heteroatoms. The van der Waals surface area contributed by atoms with Gasteiger partial charge in [-0.1, -0.05) is 37.1 Å². The van der Waals surface area contributed by atoms with E-state index in [-0.39, 0.29) is 11.1 Å². The number of allylic oxidation sites excluding steroid dienone is 2. The van der Waals surface area contributed by atoms with Gasteiger partial charge in [0.15, 0.2) is 0 Å². The van der Waals surface area contributed by atoms with E-state index in [1.165, 1.54) is 0 Å². The first-order chi connectivity index (χ1) is 7.56. The van der Waals surface area contributed by atoms with Gasteiger partial charge in [0.25, 0.3) is 0 Å². The van der Waals surface area contributed by atoms with Gasteiger partial charge < -0.3 is 5.11 Å². The lowest BCUT2D eigenvalue weighted by molar-refractivity contribution is 0.398. The monoisotopic (exact) mass is 258 g/mol. The molecule has 1 aromatic rings. The summed E-state index contributed by atoms with van der Waals surface area (Å²) in [5.74, 6) is 0.241. The molecule has 0 saturated carbocycles. The van der Waals surface area contributed by atoms with Crippen molar-refractivity contribution in [3.63, 3.8) is 0 Å². The molecule has 16 heavy (non-hydrogen) atoms. The third-order valence-corrected chi connectivity index (χ3v) is 2.80. The van der Waals surface area contributed by atoms with Crippen LogP contribution in [-0.2, 0) is 0 Å². The Balaban J connectivity index is 3.17. The van der Waals surface area contributed by atoms with Crippen LogP contribution in [0.15, 0.2) is 30.0 Å². The molecule has 0 aliphatic carbocycles. The summed E-state index contributed by atoms with van der Waals surface area (Å²) in [5.41, 5.74) is 1.83. The third kappa shape index (κ3) is 3.43. The van der Waals surface area contributed by atoms with Crippen LogP contribution in [0, 0.1) is 0 Å². The molecule has 0 bridgehead atoms.